The summed E-state index contributed by atoms with van der Waals surface area (Å²) in [7, 11) is 0. The molecular weight excluding hydrogens is 218 g/mol. The molecular formula is C12H21N3O2. The first-order valence-corrected chi connectivity index (χ1v) is 6.47. The number of hydrogen-bond acceptors (Lipinski definition) is 3. The monoisotopic (exact) mass is 239 g/mol. The Morgan fingerprint density at radius 3 is 2.65 bits per heavy atom. The second-order valence-electron chi connectivity index (χ2n) is 5.02. The van der Waals surface area contributed by atoms with E-state index in [4.69, 9.17) is 0 Å². The minimum absolute atomic E-state index is 0.0467. The molecule has 2 aliphatic rings. The van der Waals surface area contributed by atoms with E-state index in [1.807, 2.05) is 6.92 Å². The van der Waals surface area contributed by atoms with E-state index < -0.39 is 0 Å². The molecule has 17 heavy (non-hydrogen) atoms. The lowest BCUT2D eigenvalue weighted by Gasteiger charge is -2.14. The van der Waals surface area contributed by atoms with Crippen molar-refractivity contribution >= 4 is 11.8 Å². The van der Waals surface area contributed by atoms with Crippen molar-refractivity contribution in [2.24, 2.45) is 5.92 Å². The van der Waals surface area contributed by atoms with E-state index in [0.29, 0.717) is 19.0 Å². The second-order valence-corrected chi connectivity index (χ2v) is 5.02. The van der Waals surface area contributed by atoms with Crippen LogP contribution in [0.2, 0.25) is 0 Å². The molecule has 2 unspecified atom stereocenters. The van der Waals surface area contributed by atoms with Gasteiger partial charge in [0.2, 0.25) is 11.8 Å². The van der Waals surface area contributed by atoms with E-state index in [2.05, 4.69) is 16.0 Å². The van der Waals surface area contributed by atoms with Gasteiger partial charge >= 0.3 is 0 Å². The average molecular weight is 239 g/mol. The molecule has 0 spiro atoms. The van der Waals surface area contributed by atoms with E-state index in [0.717, 1.165) is 25.8 Å². The highest BCUT2D eigenvalue weighted by molar-refractivity contribution is 5.81. The normalized spacial score (nSPS) is 27.8. The van der Waals surface area contributed by atoms with Crippen molar-refractivity contribution in [3.63, 3.8) is 0 Å². The topological polar surface area (TPSA) is 70.2 Å². The minimum Gasteiger partial charge on any atom is -0.355 e. The lowest BCUT2D eigenvalue weighted by atomic mass is 10.0. The van der Waals surface area contributed by atoms with Crippen molar-refractivity contribution in [1.29, 1.82) is 0 Å². The summed E-state index contributed by atoms with van der Waals surface area (Å²) >= 11 is 0. The molecule has 1 saturated carbocycles. The molecule has 3 N–H and O–H groups in total. The van der Waals surface area contributed by atoms with Gasteiger partial charge in [-0.25, -0.2) is 0 Å². The van der Waals surface area contributed by atoms with E-state index in [-0.39, 0.29) is 23.8 Å². The Bertz CT molecular complexity index is 302. The summed E-state index contributed by atoms with van der Waals surface area (Å²) in [6, 6.07) is 0.646. The molecule has 1 heterocycles. The molecule has 0 aromatic rings. The third-order valence-corrected chi connectivity index (χ3v) is 3.46. The Kier molecular flexibility index (Phi) is 3.99. The SMILES string of the molecule is CC1NCCC1C(=O)NCCC(=O)NC1CC1. The highest BCUT2D eigenvalue weighted by Gasteiger charge is 2.29. The largest absolute Gasteiger partial charge is 0.355 e. The number of rotatable bonds is 5. The third kappa shape index (κ3) is 3.70. The highest BCUT2D eigenvalue weighted by atomic mass is 16.2. The molecule has 2 rings (SSSR count). The van der Waals surface area contributed by atoms with Crippen LogP contribution >= 0.6 is 0 Å². The van der Waals surface area contributed by atoms with Gasteiger partial charge in [0.1, 0.15) is 0 Å². The van der Waals surface area contributed by atoms with Crippen molar-refractivity contribution in [2.45, 2.75) is 44.7 Å². The van der Waals surface area contributed by atoms with Crippen molar-refractivity contribution in [2.75, 3.05) is 13.1 Å². The van der Waals surface area contributed by atoms with Gasteiger partial charge in [0.15, 0.2) is 0 Å². The van der Waals surface area contributed by atoms with Gasteiger partial charge in [0, 0.05) is 25.0 Å². The molecule has 1 aliphatic carbocycles. The lowest BCUT2D eigenvalue weighted by Crippen LogP contribution is -2.38. The summed E-state index contributed by atoms with van der Waals surface area (Å²) < 4.78 is 0. The van der Waals surface area contributed by atoms with E-state index in [1.165, 1.54) is 0 Å². The van der Waals surface area contributed by atoms with Gasteiger partial charge in [-0.05, 0) is 32.7 Å². The number of carbonyl (C=O) groups is 2. The Morgan fingerprint density at radius 1 is 1.29 bits per heavy atom. The van der Waals surface area contributed by atoms with Gasteiger partial charge in [-0.2, -0.15) is 0 Å². The Labute approximate surface area is 102 Å². The first-order valence-electron chi connectivity index (χ1n) is 6.47. The minimum atomic E-state index is 0.0467. The van der Waals surface area contributed by atoms with Crippen LogP contribution in [0.3, 0.4) is 0 Å². The van der Waals surface area contributed by atoms with Crippen LogP contribution in [-0.2, 0) is 9.59 Å². The zero-order chi connectivity index (χ0) is 12.3. The molecule has 2 atom stereocenters. The number of hydrogen-bond donors (Lipinski definition) is 3. The van der Waals surface area contributed by atoms with Crippen LogP contribution in [0.1, 0.15) is 32.6 Å². The van der Waals surface area contributed by atoms with Crippen molar-refractivity contribution in [3.05, 3.63) is 0 Å². The van der Waals surface area contributed by atoms with E-state index in [1.54, 1.807) is 0 Å². The maximum atomic E-state index is 11.8. The van der Waals surface area contributed by atoms with Crippen LogP contribution in [0.25, 0.3) is 0 Å². The summed E-state index contributed by atoms with van der Waals surface area (Å²) in [5, 5.41) is 8.99. The Morgan fingerprint density at radius 2 is 2.06 bits per heavy atom. The highest BCUT2D eigenvalue weighted by Crippen LogP contribution is 2.18. The van der Waals surface area contributed by atoms with Crippen molar-refractivity contribution < 1.29 is 9.59 Å². The van der Waals surface area contributed by atoms with E-state index in [9.17, 15) is 9.59 Å². The second kappa shape index (κ2) is 5.49. The van der Waals surface area contributed by atoms with Gasteiger partial charge in [0.25, 0.3) is 0 Å². The molecule has 0 aromatic carbocycles. The molecule has 1 saturated heterocycles. The first-order chi connectivity index (χ1) is 8.16. The summed E-state index contributed by atoms with van der Waals surface area (Å²) in [6.07, 6.45) is 3.48. The molecule has 5 nitrogen and oxygen atoms in total. The maximum absolute atomic E-state index is 11.8. The smallest absolute Gasteiger partial charge is 0.224 e. The standard InChI is InChI=1S/C12H21N3O2/c1-8-10(4-6-13-8)12(17)14-7-5-11(16)15-9-2-3-9/h8-10,13H,2-7H2,1H3,(H,14,17)(H,15,16). The maximum Gasteiger partial charge on any atom is 0.224 e. The molecule has 2 amide bonds. The molecule has 0 bridgehead atoms. The summed E-state index contributed by atoms with van der Waals surface area (Å²) in [6.45, 7) is 3.37. The summed E-state index contributed by atoms with van der Waals surface area (Å²) in [5.74, 6) is 0.175. The molecule has 0 radical (unpaired) electrons. The van der Waals surface area contributed by atoms with Crippen LogP contribution in [0.4, 0.5) is 0 Å². The molecule has 5 heteroatoms. The van der Waals surface area contributed by atoms with Crippen LogP contribution < -0.4 is 16.0 Å². The van der Waals surface area contributed by atoms with Crippen LogP contribution in [0.5, 0.6) is 0 Å². The number of nitrogens with one attached hydrogen (secondary N) is 3. The molecule has 96 valence electrons. The van der Waals surface area contributed by atoms with Crippen LogP contribution in [0, 0.1) is 5.92 Å². The fourth-order valence-electron chi connectivity index (χ4n) is 2.17. The zero-order valence-electron chi connectivity index (χ0n) is 10.3. The first kappa shape index (κ1) is 12.4. The van der Waals surface area contributed by atoms with Gasteiger partial charge in [-0.1, -0.05) is 0 Å². The van der Waals surface area contributed by atoms with Gasteiger partial charge in [0.05, 0.1) is 5.92 Å². The van der Waals surface area contributed by atoms with Crippen molar-refractivity contribution in [1.82, 2.24) is 16.0 Å². The quantitative estimate of drug-likeness (QED) is 0.620. The summed E-state index contributed by atoms with van der Waals surface area (Å²) in [5.41, 5.74) is 0. The van der Waals surface area contributed by atoms with Gasteiger partial charge in [-0.15, -0.1) is 0 Å². The number of amides is 2. The van der Waals surface area contributed by atoms with E-state index >= 15 is 0 Å². The van der Waals surface area contributed by atoms with Crippen molar-refractivity contribution in [3.8, 4) is 0 Å². The Balaban J connectivity index is 1.60. The average Bonchev–Trinajstić information content (AvgIpc) is 2.98. The van der Waals surface area contributed by atoms with Gasteiger partial charge in [-0.3, -0.25) is 9.59 Å². The predicted octanol–water partition coefficient (Wildman–Crippen LogP) is -0.231. The fraction of sp³-hybridized carbons (Fsp3) is 0.833. The van der Waals surface area contributed by atoms with Crippen LogP contribution in [-0.4, -0.2) is 37.0 Å². The third-order valence-electron chi connectivity index (χ3n) is 3.46. The van der Waals surface area contributed by atoms with Crippen LogP contribution in [0.15, 0.2) is 0 Å². The molecule has 0 aromatic heterocycles. The number of carbonyl (C=O) groups excluding carboxylic acids is 2. The lowest BCUT2D eigenvalue weighted by molar-refractivity contribution is -0.125. The molecule has 2 fully saturated rings. The predicted molar refractivity (Wildman–Crippen MR) is 64.4 cm³/mol. The zero-order valence-corrected chi connectivity index (χ0v) is 10.3. The summed E-state index contributed by atoms with van der Waals surface area (Å²) in [4.78, 5) is 23.2. The fourth-order valence-corrected chi connectivity index (χ4v) is 2.17. The Hall–Kier alpha value is -1.10. The molecule has 1 aliphatic heterocycles. The van der Waals surface area contributed by atoms with Gasteiger partial charge < -0.3 is 16.0 Å².